The van der Waals surface area contributed by atoms with E-state index in [1.807, 2.05) is 26.0 Å². The summed E-state index contributed by atoms with van der Waals surface area (Å²) in [5.41, 5.74) is 8.88. The molecule has 0 atom stereocenters. The van der Waals surface area contributed by atoms with Crippen molar-refractivity contribution in [2.75, 3.05) is 11.1 Å². The number of halogens is 1. The smallest absolute Gasteiger partial charge is 0.255 e. The van der Waals surface area contributed by atoms with Crippen LogP contribution in [0.15, 0.2) is 30.3 Å². The number of nitrogens with one attached hydrogen (secondary N) is 1. The molecule has 19 heavy (non-hydrogen) atoms. The number of anilines is 2. The van der Waals surface area contributed by atoms with E-state index in [2.05, 4.69) is 10.3 Å². The second-order valence-electron chi connectivity index (χ2n) is 4.28. The lowest BCUT2D eigenvalue weighted by Gasteiger charge is -2.09. The summed E-state index contributed by atoms with van der Waals surface area (Å²) in [6.45, 7) is 3.75. The molecule has 0 fully saturated rings. The summed E-state index contributed by atoms with van der Waals surface area (Å²) in [5, 5.41) is 3.17. The molecule has 2 aromatic rings. The van der Waals surface area contributed by atoms with E-state index >= 15 is 0 Å². The number of nitrogen functional groups attached to an aromatic ring is 1. The molecule has 0 saturated carbocycles. The standard InChI is InChI=1S/C14H14ClN3O/c1-8-3-6-13(9(2)17-8)18-14(19)10-4-5-12(16)11(15)7-10/h3-7H,16H2,1-2H3,(H,18,19). The summed E-state index contributed by atoms with van der Waals surface area (Å²) in [4.78, 5) is 16.4. The highest BCUT2D eigenvalue weighted by Crippen LogP contribution is 2.21. The van der Waals surface area contributed by atoms with Gasteiger partial charge in [-0.05, 0) is 44.2 Å². The fraction of sp³-hybridized carbons (Fsp3) is 0.143. The molecule has 4 nitrogen and oxygen atoms in total. The summed E-state index contributed by atoms with van der Waals surface area (Å²) in [6.07, 6.45) is 0. The molecule has 3 N–H and O–H groups in total. The van der Waals surface area contributed by atoms with Gasteiger partial charge in [0, 0.05) is 11.3 Å². The van der Waals surface area contributed by atoms with Gasteiger partial charge in [0.15, 0.2) is 0 Å². The number of hydrogen-bond acceptors (Lipinski definition) is 3. The van der Waals surface area contributed by atoms with Crippen LogP contribution in [-0.2, 0) is 0 Å². The highest BCUT2D eigenvalue weighted by atomic mass is 35.5. The second-order valence-corrected chi connectivity index (χ2v) is 4.68. The van der Waals surface area contributed by atoms with Gasteiger partial charge in [-0.2, -0.15) is 0 Å². The van der Waals surface area contributed by atoms with Crippen LogP contribution in [0.1, 0.15) is 21.7 Å². The van der Waals surface area contributed by atoms with E-state index in [4.69, 9.17) is 17.3 Å². The lowest BCUT2D eigenvalue weighted by atomic mass is 10.2. The van der Waals surface area contributed by atoms with E-state index in [0.29, 0.717) is 22.0 Å². The Morgan fingerprint density at radius 2 is 2.00 bits per heavy atom. The number of rotatable bonds is 2. The molecule has 1 amide bonds. The van der Waals surface area contributed by atoms with Crippen LogP contribution in [0.4, 0.5) is 11.4 Å². The number of nitrogens with two attached hydrogens (primary N) is 1. The molecule has 0 unspecified atom stereocenters. The van der Waals surface area contributed by atoms with Crippen LogP contribution in [0, 0.1) is 13.8 Å². The van der Waals surface area contributed by atoms with E-state index in [1.54, 1.807) is 18.2 Å². The summed E-state index contributed by atoms with van der Waals surface area (Å²) in [6, 6.07) is 8.46. The van der Waals surface area contributed by atoms with Gasteiger partial charge in [0.05, 0.1) is 22.1 Å². The normalized spacial score (nSPS) is 10.3. The lowest BCUT2D eigenvalue weighted by Crippen LogP contribution is -2.13. The maximum Gasteiger partial charge on any atom is 0.255 e. The third kappa shape index (κ3) is 3.03. The van der Waals surface area contributed by atoms with Crippen LogP contribution in [0.25, 0.3) is 0 Å². The molecule has 0 spiro atoms. The largest absolute Gasteiger partial charge is 0.398 e. The number of aryl methyl sites for hydroxylation is 2. The number of aromatic nitrogens is 1. The summed E-state index contributed by atoms with van der Waals surface area (Å²) >= 11 is 5.90. The average molecular weight is 276 g/mol. The van der Waals surface area contributed by atoms with Crippen molar-refractivity contribution in [3.63, 3.8) is 0 Å². The highest BCUT2D eigenvalue weighted by molar-refractivity contribution is 6.33. The Labute approximate surface area is 116 Å². The van der Waals surface area contributed by atoms with Crippen molar-refractivity contribution in [2.45, 2.75) is 13.8 Å². The van der Waals surface area contributed by atoms with Crippen molar-refractivity contribution in [1.29, 1.82) is 0 Å². The lowest BCUT2D eigenvalue weighted by molar-refractivity contribution is 0.102. The number of amides is 1. The molecule has 0 radical (unpaired) electrons. The van der Waals surface area contributed by atoms with Gasteiger partial charge < -0.3 is 11.1 Å². The Balaban J connectivity index is 2.23. The van der Waals surface area contributed by atoms with Gasteiger partial charge in [-0.1, -0.05) is 11.6 Å². The van der Waals surface area contributed by atoms with Gasteiger partial charge in [-0.3, -0.25) is 9.78 Å². The van der Waals surface area contributed by atoms with Crippen molar-refractivity contribution in [3.8, 4) is 0 Å². The van der Waals surface area contributed by atoms with Crippen LogP contribution in [0.3, 0.4) is 0 Å². The van der Waals surface area contributed by atoms with Gasteiger partial charge in [-0.25, -0.2) is 0 Å². The van der Waals surface area contributed by atoms with Crippen molar-refractivity contribution in [2.24, 2.45) is 0 Å². The van der Waals surface area contributed by atoms with Crippen molar-refractivity contribution < 1.29 is 4.79 Å². The maximum atomic E-state index is 12.1. The first-order valence-corrected chi connectivity index (χ1v) is 6.16. The third-order valence-electron chi connectivity index (χ3n) is 2.74. The van der Waals surface area contributed by atoms with Crippen molar-refractivity contribution >= 4 is 28.9 Å². The van der Waals surface area contributed by atoms with Gasteiger partial charge >= 0.3 is 0 Å². The first-order chi connectivity index (χ1) is 8.97. The number of nitrogens with zero attached hydrogens (tertiary/aromatic N) is 1. The van der Waals surface area contributed by atoms with E-state index in [-0.39, 0.29) is 5.91 Å². The summed E-state index contributed by atoms with van der Waals surface area (Å²) < 4.78 is 0. The van der Waals surface area contributed by atoms with Crippen LogP contribution in [0.5, 0.6) is 0 Å². The van der Waals surface area contributed by atoms with E-state index in [0.717, 1.165) is 11.4 Å². The zero-order chi connectivity index (χ0) is 14.0. The second kappa shape index (κ2) is 5.28. The Bertz CT molecular complexity index is 641. The predicted octanol–water partition coefficient (Wildman–Crippen LogP) is 3.19. The van der Waals surface area contributed by atoms with Crippen LogP contribution in [0.2, 0.25) is 5.02 Å². The zero-order valence-electron chi connectivity index (χ0n) is 10.7. The topological polar surface area (TPSA) is 68.0 Å². The highest BCUT2D eigenvalue weighted by Gasteiger charge is 2.09. The monoisotopic (exact) mass is 275 g/mol. The molecule has 0 aliphatic carbocycles. The molecule has 0 aliphatic heterocycles. The van der Waals surface area contributed by atoms with Crippen LogP contribution < -0.4 is 11.1 Å². The van der Waals surface area contributed by atoms with Crippen molar-refractivity contribution in [3.05, 3.63) is 52.3 Å². The molecule has 98 valence electrons. The van der Waals surface area contributed by atoms with E-state index in [9.17, 15) is 4.79 Å². The predicted molar refractivity (Wildman–Crippen MR) is 77.5 cm³/mol. The third-order valence-corrected chi connectivity index (χ3v) is 3.06. The SMILES string of the molecule is Cc1ccc(NC(=O)c2ccc(N)c(Cl)c2)c(C)n1. The Hall–Kier alpha value is -2.07. The fourth-order valence-corrected chi connectivity index (χ4v) is 1.86. The molecular weight excluding hydrogens is 262 g/mol. The molecule has 1 heterocycles. The summed E-state index contributed by atoms with van der Waals surface area (Å²) in [7, 11) is 0. The van der Waals surface area contributed by atoms with Gasteiger partial charge in [0.2, 0.25) is 0 Å². The van der Waals surface area contributed by atoms with E-state index in [1.165, 1.54) is 0 Å². The van der Waals surface area contributed by atoms with Gasteiger partial charge in [0.1, 0.15) is 0 Å². The minimum Gasteiger partial charge on any atom is -0.398 e. The molecule has 1 aromatic heterocycles. The van der Waals surface area contributed by atoms with Gasteiger partial charge in [0.25, 0.3) is 5.91 Å². The molecule has 0 aliphatic rings. The van der Waals surface area contributed by atoms with Crippen LogP contribution >= 0.6 is 11.6 Å². The van der Waals surface area contributed by atoms with Gasteiger partial charge in [-0.15, -0.1) is 0 Å². The Morgan fingerprint density at radius 3 is 2.63 bits per heavy atom. The quantitative estimate of drug-likeness (QED) is 0.827. The molecular formula is C14H14ClN3O. The number of benzene rings is 1. The fourth-order valence-electron chi connectivity index (χ4n) is 1.68. The molecule has 5 heteroatoms. The molecule has 0 saturated heterocycles. The number of pyridine rings is 1. The number of carbonyl (C=O) groups is 1. The first-order valence-electron chi connectivity index (χ1n) is 5.78. The maximum absolute atomic E-state index is 12.1. The summed E-state index contributed by atoms with van der Waals surface area (Å²) in [5.74, 6) is -0.240. The molecule has 2 rings (SSSR count). The van der Waals surface area contributed by atoms with Crippen LogP contribution in [-0.4, -0.2) is 10.9 Å². The van der Waals surface area contributed by atoms with E-state index < -0.39 is 0 Å². The Morgan fingerprint density at radius 1 is 1.26 bits per heavy atom. The number of carbonyl (C=O) groups excluding carboxylic acids is 1. The number of hydrogen-bond donors (Lipinski definition) is 2. The zero-order valence-corrected chi connectivity index (χ0v) is 11.5. The first kappa shape index (κ1) is 13.4. The average Bonchev–Trinajstić information content (AvgIpc) is 2.36. The Kier molecular flexibility index (Phi) is 3.71. The minimum absolute atomic E-state index is 0.240. The minimum atomic E-state index is -0.240. The molecule has 1 aromatic carbocycles. The molecule has 0 bridgehead atoms. The van der Waals surface area contributed by atoms with Crippen molar-refractivity contribution in [1.82, 2.24) is 4.98 Å².